The van der Waals surface area contributed by atoms with Crippen molar-refractivity contribution in [2.75, 3.05) is 5.75 Å². The minimum absolute atomic E-state index is 0.462. The topological polar surface area (TPSA) is 12.4 Å². The van der Waals surface area contributed by atoms with E-state index in [4.69, 9.17) is 0 Å². The first-order valence-electron chi connectivity index (χ1n) is 5.25. The van der Waals surface area contributed by atoms with Crippen LogP contribution in [0.15, 0.2) is 47.5 Å². The predicted molar refractivity (Wildman–Crippen MR) is 68.6 cm³/mol. The predicted octanol–water partition coefficient (Wildman–Crippen LogP) is 3.32. The summed E-state index contributed by atoms with van der Waals surface area (Å²) in [6.45, 7) is 2.04. The van der Waals surface area contributed by atoms with Crippen LogP contribution in [-0.4, -0.2) is 16.8 Å². The summed E-state index contributed by atoms with van der Waals surface area (Å²) in [5, 5.41) is 1.18. The fraction of sp³-hybridized carbons (Fsp3) is 0.308. The Labute approximate surface area is 95.3 Å². The third kappa shape index (κ3) is 2.96. The minimum atomic E-state index is 0.462. The summed E-state index contributed by atoms with van der Waals surface area (Å²) in [4.78, 5) is 4.67. The number of nitrogens with zero attached hydrogens (tertiary/aromatic N) is 1. The molecule has 0 amide bonds. The highest BCUT2D eigenvalue weighted by atomic mass is 32.2. The van der Waals surface area contributed by atoms with Gasteiger partial charge in [0.05, 0.1) is 11.1 Å². The molecular formula is C13H15NS. The van der Waals surface area contributed by atoms with Crippen molar-refractivity contribution >= 4 is 16.8 Å². The Bertz CT molecular complexity index is 367. The Hall–Kier alpha value is -1.02. The molecule has 2 rings (SSSR count). The van der Waals surface area contributed by atoms with Crippen LogP contribution < -0.4 is 0 Å². The minimum Gasteiger partial charge on any atom is -0.274 e. The average molecular weight is 217 g/mol. The molecule has 0 aliphatic carbocycles. The van der Waals surface area contributed by atoms with Gasteiger partial charge in [0.15, 0.2) is 0 Å². The monoisotopic (exact) mass is 217 g/mol. The second-order valence-corrected chi connectivity index (χ2v) is 4.66. The molecular weight excluding hydrogens is 202 g/mol. The van der Waals surface area contributed by atoms with Gasteiger partial charge in [0, 0.05) is 5.75 Å². The molecule has 1 aliphatic heterocycles. The molecule has 15 heavy (non-hydrogen) atoms. The van der Waals surface area contributed by atoms with Gasteiger partial charge in [-0.05, 0) is 25.0 Å². The summed E-state index contributed by atoms with van der Waals surface area (Å²) >= 11 is 1.86. The Morgan fingerprint density at radius 1 is 1.40 bits per heavy atom. The van der Waals surface area contributed by atoms with Gasteiger partial charge < -0.3 is 0 Å². The summed E-state index contributed by atoms with van der Waals surface area (Å²) in [5.74, 6) is 1.12. The van der Waals surface area contributed by atoms with E-state index in [0.29, 0.717) is 6.04 Å². The number of rotatable bonds is 3. The Balaban J connectivity index is 1.98. The van der Waals surface area contributed by atoms with Crippen LogP contribution in [0.25, 0.3) is 0 Å². The van der Waals surface area contributed by atoms with Crippen molar-refractivity contribution in [1.29, 1.82) is 0 Å². The van der Waals surface area contributed by atoms with E-state index in [1.165, 1.54) is 10.6 Å². The first kappa shape index (κ1) is 10.5. The van der Waals surface area contributed by atoms with Crippen LogP contribution in [0.5, 0.6) is 0 Å². The van der Waals surface area contributed by atoms with Gasteiger partial charge in [-0.2, -0.15) is 0 Å². The molecule has 1 nitrogen and oxygen atoms in total. The summed E-state index contributed by atoms with van der Waals surface area (Å²) in [5.41, 5.74) is 1.38. The second-order valence-electron chi connectivity index (χ2n) is 3.62. The van der Waals surface area contributed by atoms with Crippen LogP contribution in [0.1, 0.15) is 12.5 Å². The lowest BCUT2D eigenvalue weighted by Gasteiger charge is -2.04. The summed E-state index contributed by atoms with van der Waals surface area (Å²) < 4.78 is 0. The smallest absolute Gasteiger partial charge is 0.0905 e. The van der Waals surface area contributed by atoms with Crippen molar-refractivity contribution in [3.8, 4) is 0 Å². The van der Waals surface area contributed by atoms with Gasteiger partial charge in [-0.15, -0.1) is 11.8 Å². The van der Waals surface area contributed by atoms with Crippen molar-refractivity contribution in [1.82, 2.24) is 0 Å². The standard InChI is InChI=1S/C13H15NS/c1-2-6-13-14-12(10-15-13)9-11-7-4-3-5-8-11/h2-8,12H,9-10H2,1H3/b6-2+/t12-/m0/s1. The third-order valence-corrected chi connectivity index (χ3v) is 3.45. The molecule has 1 aliphatic rings. The molecule has 78 valence electrons. The molecule has 0 saturated carbocycles. The maximum absolute atomic E-state index is 4.67. The van der Waals surface area contributed by atoms with Gasteiger partial charge in [0.25, 0.3) is 0 Å². The summed E-state index contributed by atoms with van der Waals surface area (Å²) in [7, 11) is 0. The Kier molecular flexibility index (Phi) is 3.62. The molecule has 1 aromatic carbocycles. The van der Waals surface area contributed by atoms with Crippen LogP contribution >= 0.6 is 11.8 Å². The second kappa shape index (κ2) is 5.17. The number of aliphatic imine (C=N–C) groups is 1. The van der Waals surface area contributed by atoms with Crippen LogP contribution in [0.4, 0.5) is 0 Å². The fourth-order valence-electron chi connectivity index (χ4n) is 1.66. The third-order valence-electron chi connectivity index (χ3n) is 2.36. The van der Waals surface area contributed by atoms with E-state index in [1.807, 2.05) is 18.7 Å². The molecule has 0 saturated heterocycles. The molecule has 0 spiro atoms. The first-order chi connectivity index (χ1) is 7.38. The number of allylic oxidation sites excluding steroid dienone is 1. The lowest BCUT2D eigenvalue weighted by molar-refractivity contribution is 0.763. The Morgan fingerprint density at radius 2 is 2.20 bits per heavy atom. The molecule has 0 fully saturated rings. The van der Waals surface area contributed by atoms with Crippen molar-refractivity contribution in [3.05, 3.63) is 48.0 Å². The molecule has 1 aromatic rings. The van der Waals surface area contributed by atoms with E-state index in [0.717, 1.165) is 12.2 Å². The van der Waals surface area contributed by atoms with Gasteiger partial charge >= 0.3 is 0 Å². The summed E-state index contributed by atoms with van der Waals surface area (Å²) in [6, 6.07) is 11.1. The molecule has 0 N–H and O–H groups in total. The van der Waals surface area contributed by atoms with E-state index in [-0.39, 0.29) is 0 Å². The van der Waals surface area contributed by atoms with Crippen LogP contribution in [0, 0.1) is 0 Å². The van der Waals surface area contributed by atoms with E-state index in [9.17, 15) is 0 Å². The Morgan fingerprint density at radius 3 is 2.93 bits per heavy atom. The quantitative estimate of drug-likeness (QED) is 0.756. The molecule has 1 atom stereocenters. The van der Waals surface area contributed by atoms with Gasteiger partial charge in [-0.3, -0.25) is 4.99 Å². The lowest BCUT2D eigenvalue weighted by atomic mass is 10.1. The molecule has 0 radical (unpaired) electrons. The van der Waals surface area contributed by atoms with Crippen LogP contribution in [0.3, 0.4) is 0 Å². The SMILES string of the molecule is C/C=C/C1=N[C@@H](Cc2ccccc2)CS1. The molecule has 1 heterocycles. The number of benzene rings is 1. The largest absolute Gasteiger partial charge is 0.274 e. The highest BCUT2D eigenvalue weighted by Crippen LogP contribution is 2.21. The summed E-state index contributed by atoms with van der Waals surface area (Å²) in [6.07, 6.45) is 5.21. The zero-order chi connectivity index (χ0) is 10.5. The van der Waals surface area contributed by atoms with Gasteiger partial charge in [-0.1, -0.05) is 36.4 Å². The normalized spacial score (nSPS) is 20.9. The van der Waals surface area contributed by atoms with Gasteiger partial charge in [0.2, 0.25) is 0 Å². The molecule has 0 unspecified atom stereocenters. The van der Waals surface area contributed by atoms with Crippen molar-refractivity contribution in [2.45, 2.75) is 19.4 Å². The van der Waals surface area contributed by atoms with Gasteiger partial charge in [-0.25, -0.2) is 0 Å². The van der Waals surface area contributed by atoms with Crippen LogP contribution in [0.2, 0.25) is 0 Å². The average Bonchev–Trinajstić information content (AvgIpc) is 2.68. The zero-order valence-electron chi connectivity index (χ0n) is 8.89. The highest BCUT2D eigenvalue weighted by Gasteiger charge is 2.16. The maximum Gasteiger partial charge on any atom is 0.0905 e. The molecule has 0 aromatic heterocycles. The van der Waals surface area contributed by atoms with E-state index in [1.54, 1.807) is 0 Å². The highest BCUT2D eigenvalue weighted by molar-refractivity contribution is 8.14. The maximum atomic E-state index is 4.67. The van der Waals surface area contributed by atoms with Crippen molar-refractivity contribution < 1.29 is 0 Å². The van der Waals surface area contributed by atoms with Gasteiger partial charge in [0.1, 0.15) is 0 Å². The van der Waals surface area contributed by atoms with Crippen molar-refractivity contribution in [2.24, 2.45) is 4.99 Å². The zero-order valence-corrected chi connectivity index (χ0v) is 9.70. The van der Waals surface area contributed by atoms with E-state index >= 15 is 0 Å². The number of hydrogen-bond acceptors (Lipinski definition) is 2. The molecule has 2 heteroatoms. The number of hydrogen-bond donors (Lipinski definition) is 0. The molecule has 0 bridgehead atoms. The lowest BCUT2D eigenvalue weighted by Crippen LogP contribution is -2.07. The fourth-order valence-corrected chi connectivity index (χ4v) is 2.67. The van der Waals surface area contributed by atoms with Crippen molar-refractivity contribution in [3.63, 3.8) is 0 Å². The first-order valence-corrected chi connectivity index (χ1v) is 6.24. The van der Waals surface area contributed by atoms with Crippen LogP contribution in [-0.2, 0) is 6.42 Å². The van der Waals surface area contributed by atoms with E-state index in [2.05, 4.69) is 47.5 Å². The van der Waals surface area contributed by atoms with E-state index < -0.39 is 0 Å². The number of thioether (sulfide) groups is 1.